The summed E-state index contributed by atoms with van der Waals surface area (Å²) in [4.78, 5) is 0. The van der Waals surface area contributed by atoms with E-state index < -0.39 is 10.0 Å². The molecule has 6 heteroatoms. The Balaban J connectivity index is 2.57. The summed E-state index contributed by atoms with van der Waals surface area (Å²) in [5, 5.41) is 0. The number of alkyl halides is 1. The third-order valence-corrected chi connectivity index (χ3v) is 5.22. The van der Waals surface area contributed by atoms with Crippen LogP contribution in [0.1, 0.15) is 25.7 Å². The van der Waals surface area contributed by atoms with Gasteiger partial charge in [0.1, 0.15) is 0 Å². The number of piperidine rings is 1. The third kappa shape index (κ3) is 3.87. The van der Waals surface area contributed by atoms with Crippen molar-refractivity contribution in [3.8, 4) is 0 Å². The monoisotopic (exact) mass is 269 g/mol. The second-order valence-corrected chi connectivity index (χ2v) is 6.43. The molecule has 0 aromatic rings. The summed E-state index contributed by atoms with van der Waals surface area (Å²) in [7, 11) is -1.57. The predicted molar refractivity (Wildman–Crippen MR) is 65.3 cm³/mol. The van der Waals surface area contributed by atoms with Gasteiger partial charge in [-0.25, -0.2) is 8.42 Å². The van der Waals surface area contributed by atoms with Crippen LogP contribution in [-0.4, -0.2) is 50.7 Å². The zero-order valence-corrected chi connectivity index (χ0v) is 11.3. The van der Waals surface area contributed by atoms with Crippen LogP contribution in [0.3, 0.4) is 0 Å². The quantitative estimate of drug-likeness (QED) is 0.542. The van der Waals surface area contributed by atoms with E-state index in [1.165, 1.54) is 0 Å². The van der Waals surface area contributed by atoms with Crippen molar-refractivity contribution in [2.24, 2.45) is 0 Å². The van der Waals surface area contributed by atoms with Gasteiger partial charge in [0, 0.05) is 32.2 Å². The Bertz CT molecular complexity index is 294. The number of ether oxygens (including phenoxy) is 1. The normalized spacial score (nSPS) is 23.5. The molecule has 0 aromatic heterocycles. The fourth-order valence-corrected chi connectivity index (χ4v) is 4.16. The topological polar surface area (TPSA) is 46.6 Å². The number of sulfonamides is 1. The molecule has 0 radical (unpaired) electrons. The van der Waals surface area contributed by atoms with Crippen molar-refractivity contribution in [3.63, 3.8) is 0 Å². The molecule has 0 saturated carbocycles. The molecule has 1 heterocycles. The van der Waals surface area contributed by atoms with Crippen molar-refractivity contribution in [2.75, 3.05) is 31.9 Å². The molecular weight excluding hydrogens is 250 g/mol. The molecule has 0 bridgehead atoms. The molecule has 1 atom stereocenters. The second kappa shape index (κ2) is 6.79. The highest BCUT2D eigenvalue weighted by Crippen LogP contribution is 2.22. The van der Waals surface area contributed by atoms with Gasteiger partial charge in [-0.05, 0) is 19.3 Å². The standard InChI is InChI=1S/C10H20ClNO3S/c1-15-7-4-8-16(13,14)12-6-3-2-5-10(12)9-11/h10H,2-9H2,1H3. The van der Waals surface area contributed by atoms with Crippen LogP contribution in [0.5, 0.6) is 0 Å². The van der Waals surface area contributed by atoms with Crippen LogP contribution in [0.15, 0.2) is 0 Å². The van der Waals surface area contributed by atoms with Gasteiger partial charge in [0.2, 0.25) is 10.0 Å². The van der Waals surface area contributed by atoms with Gasteiger partial charge in [-0.1, -0.05) is 6.42 Å². The van der Waals surface area contributed by atoms with Crippen molar-refractivity contribution in [3.05, 3.63) is 0 Å². The summed E-state index contributed by atoms with van der Waals surface area (Å²) in [6.07, 6.45) is 3.44. The SMILES string of the molecule is COCCCS(=O)(=O)N1CCCCC1CCl. The molecular formula is C10H20ClNO3S. The molecule has 96 valence electrons. The molecule has 0 spiro atoms. The number of methoxy groups -OCH3 is 1. The molecule has 1 fully saturated rings. The number of nitrogens with zero attached hydrogens (tertiary/aromatic N) is 1. The summed E-state index contributed by atoms with van der Waals surface area (Å²) < 4.78 is 30.5. The molecule has 16 heavy (non-hydrogen) atoms. The van der Waals surface area contributed by atoms with Gasteiger partial charge in [0.05, 0.1) is 5.75 Å². The van der Waals surface area contributed by atoms with Gasteiger partial charge < -0.3 is 4.74 Å². The summed E-state index contributed by atoms with van der Waals surface area (Å²) in [6.45, 7) is 1.10. The summed E-state index contributed by atoms with van der Waals surface area (Å²) in [6, 6.07) is -0.0111. The molecule has 0 aromatic carbocycles. The Hall–Kier alpha value is 0.160. The van der Waals surface area contributed by atoms with Gasteiger partial charge in [-0.3, -0.25) is 0 Å². The minimum Gasteiger partial charge on any atom is -0.385 e. The van der Waals surface area contributed by atoms with E-state index in [1.807, 2.05) is 0 Å². The van der Waals surface area contributed by atoms with Crippen LogP contribution in [0, 0.1) is 0 Å². The van der Waals surface area contributed by atoms with E-state index in [-0.39, 0.29) is 11.8 Å². The molecule has 1 aliphatic rings. The van der Waals surface area contributed by atoms with E-state index in [4.69, 9.17) is 16.3 Å². The van der Waals surface area contributed by atoms with Gasteiger partial charge >= 0.3 is 0 Å². The smallest absolute Gasteiger partial charge is 0.214 e. The lowest BCUT2D eigenvalue weighted by molar-refractivity contribution is 0.198. The van der Waals surface area contributed by atoms with Crippen molar-refractivity contribution in [1.82, 2.24) is 4.31 Å². The van der Waals surface area contributed by atoms with Crippen molar-refractivity contribution < 1.29 is 13.2 Å². The number of hydrogen-bond acceptors (Lipinski definition) is 3. The lowest BCUT2D eigenvalue weighted by atomic mass is 10.1. The molecule has 1 unspecified atom stereocenters. The summed E-state index contributed by atoms with van der Waals surface area (Å²) in [5.74, 6) is 0.553. The van der Waals surface area contributed by atoms with Crippen molar-refractivity contribution >= 4 is 21.6 Å². The van der Waals surface area contributed by atoms with Gasteiger partial charge in [-0.15, -0.1) is 11.6 Å². The number of rotatable bonds is 6. The summed E-state index contributed by atoms with van der Waals surface area (Å²) in [5.41, 5.74) is 0. The maximum atomic E-state index is 12.0. The molecule has 1 aliphatic heterocycles. The Kier molecular flexibility index (Phi) is 6.03. The van der Waals surface area contributed by atoms with Crippen LogP contribution in [0.25, 0.3) is 0 Å². The number of hydrogen-bond donors (Lipinski definition) is 0. The Labute approximate surface area is 103 Å². The van der Waals surface area contributed by atoms with Gasteiger partial charge in [-0.2, -0.15) is 4.31 Å². The average molecular weight is 270 g/mol. The molecule has 0 aliphatic carbocycles. The largest absolute Gasteiger partial charge is 0.385 e. The molecule has 0 amide bonds. The Morgan fingerprint density at radius 1 is 1.44 bits per heavy atom. The Morgan fingerprint density at radius 2 is 2.19 bits per heavy atom. The van der Waals surface area contributed by atoms with Crippen molar-refractivity contribution in [1.29, 1.82) is 0 Å². The lowest BCUT2D eigenvalue weighted by Crippen LogP contribution is -2.45. The molecule has 1 saturated heterocycles. The molecule has 1 rings (SSSR count). The first kappa shape index (κ1) is 14.2. The van der Waals surface area contributed by atoms with E-state index in [0.29, 0.717) is 25.5 Å². The van der Waals surface area contributed by atoms with Crippen LogP contribution >= 0.6 is 11.6 Å². The lowest BCUT2D eigenvalue weighted by Gasteiger charge is -2.33. The Morgan fingerprint density at radius 3 is 2.81 bits per heavy atom. The maximum Gasteiger partial charge on any atom is 0.214 e. The van der Waals surface area contributed by atoms with Gasteiger partial charge in [0.15, 0.2) is 0 Å². The van der Waals surface area contributed by atoms with Crippen LogP contribution in [0.4, 0.5) is 0 Å². The first-order valence-electron chi connectivity index (χ1n) is 5.66. The maximum absolute atomic E-state index is 12.0. The summed E-state index contributed by atoms with van der Waals surface area (Å²) >= 11 is 5.81. The first-order chi connectivity index (χ1) is 7.61. The van der Waals surface area contributed by atoms with E-state index in [9.17, 15) is 8.42 Å². The fourth-order valence-electron chi connectivity index (χ4n) is 2.00. The van der Waals surface area contributed by atoms with Crippen molar-refractivity contribution in [2.45, 2.75) is 31.7 Å². The third-order valence-electron chi connectivity index (χ3n) is 2.86. The number of halogens is 1. The highest BCUT2D eigenvalue weighted by atomic mass is 35.5. The minimum absolute atomic E-state index is 0.0111. The van der Waals surface area contributed by atoms with E-state index in [1.54, 1.807) is 11.4 Å². The van der Waals surface area contributed by atoms with E-state index >= 15 is 0 Å². The van der Waals surface area contributed by atoms with Crippen LogP contribution in [-0.2, 0) is 14.8 Å². The molecule has 0 N–H and O–H groups in total. The zero-order valence-electron chi connectivity index (χ0n) is 9.69. The first-order valence-corrected chi connectivity index (χ1v) is 7.80. The van der Waals surface area contributed by atoms with Gasteiger partial charge in [0.25, 0.3) is 0 Å². The second-order valence-electron chi connectivity index (χ2n) is 4.08. The van der Waals surface area contributed by atoms with Crippen LogP contribution < -0.4 is 0 Å². The fraction of sp³-hybridized carbons (Fsp3) is 1.00. The predicted octanol–water partition coefficient (Wildman–Crippen LogP) is 1.45. The molecule has 4 nitrogen and oxygen atoms in total. The highest BCUT2D eigenvalue weighted by molar-refractivity contribution is 7.89. The highest BCUT2D eigenvalue weighted by Gasteiger charge is 2.30. The van der Waals surface area contributed by atoms with Crippen LogP contribution in [0.2, 0.25) is 0 Å². The zero-order chi connectivity index (χ0) is 12.0. The van der Waals surface area contributed by atoms with E-state index in [0.717, 1.165) is 19.3 Å². The minimum atomic E-state index is -3.15. The van der Waals surface area contributed by atoms with E-state index in [2.05, 4.69) is 0 Å². The average Bonchev–Trinajstić information content (AvgIpc) is 2.29.